The van der Waals surface area contributed by atoms with E-state index in [4.69, 9.17) is 4.42 Å². The number of para-hydroxylation sites is 1. The molecule has 3 nitrogen and oxygen atoms in total. The molecular weight excluding hydrogens is 715 g/mol. The Bertz CT molecular complexity index is 3130. The average Bonchev–Trinajstić information content (AvgIpc) is 3.71. The molecule has 2 aliphatic heterocycles. The number of nitrogens with zero attached hydrogens (tertiary/aromatic N) is 2. The molecule has 0 radical (unpaired) electrons. The van der Waals surface area contributed by atoms with Gasteiger partial charge in [0, 0.05) is 38.9 Å². The molecule has 0 saturated carbocycles. The van der Waals surface area contributed by atoms with Crippen molar-refractivity contribution in [2.24, 2.45) is 0 Å². The summed E-state index contributed by atoms with van der Waals surface area (Å²) in [5.74, 6) is 0.912. The van der Waals surface area contributed by atoms with Gasteiger partial charge in [0.05, 0.1) is 5.69 Å². The third-order valence-electron chi connectivity index (χ3n) is 14.9. The Morgan fingerprint density at radius 2 is 1.20 bits per heavy atom. The van der Waals surface area contributed by atoms with Crippen LogP contribution in [0.4, 0.5) is 28.6 Å². The topological polar surface area (TPSA) is 19.6 Å². The fourth-order valence-corrected chi connectivity index (χ4v) is 11.6. The van der Waals surface area contributed by atoms with E-state index >= 15 is 0 Å². The van der Waals surface area contributed by atoms with E-state index in [1.165, 1.54) is 107 Å². The van der Waals surface area contributed by atoms with E-state index < -0.39 is 0 Å². The minimum absolute atomic E-state index is 0.0524. The van der Waals surface area contributed by atoms with Crippen molar-refractivity contribution in [3.05, 3.63) is 161 Å². The Labute approximate surface area is 348 Å². The number of fused-ring (bicyclic) bond motifs is 12. The van der Waals surface area contributed by atoms with Gasteiger partial charge in [0.15, 0.2) is 0 Å². The van der Waals surface area contributed by atoms with Gasteiger partial charge in [-0.25, -0.2) is 0 Å². The minimum Gasteiger partial charge on any atom is -0.440 e. The van der Waals surface area contributed by atoms with Gasteiger partial charge >= 0.3 is 6.85 Å². The van der Waals surface area contributed by atoms with Gasteiger partial charge in [0.2, 0.25) is 5.88 Å². The fourth-order valence-electron chi connectivity index (χ4n) is 11.6. The molecule has 12 rings (SSSR count). The zero-order valence-electron chi connectivity index (χ0n) is 35.4. The summed E-state index contributed by atoms with van der Waals surface area (Å²) in [4.78, 5) is 5.16. The lowest BCUT2D eigenvalue weighted by Gasteiger charge is -2.46. The molecule has 8 aromatic rings. The molecule has 0 amide bonds. The first-order chi connectivity index (χ1) is 28.3. The SMILES string of the molecule is Cc1ccc(N2B3c4c(cc5ccccc5c4-c4cc5c(cc42)C(C)(C)c2ccccc2-5)N(c2cc4c(cc2C)C(C)(C)CCC4(C)C)c2oc4ccccc4c23)cc1. The van der Waals surface area contributed by atoms with Gasteiger partial charge < -0.3 is 9.23 Å². The van der Waals surface area contributed by atoms with Crippen LogP contribution in [0.25, 0.3) is 44.0 Å². The van der Waals surface area contributed by atoms with Crippen LogP contribution in [-0.2, 0) is 16.2 Å². The first-order valence-electron chi connectivity index (χ1n) is 21.5. The molecule has 0 unspecified atom stereocenters. The summed E-state index contributed by atoms with van der Waals surface area (Å²) in [6, 6.07) is 48.6. The first-order valence-corrected chi connectivity index (χ1v) is 21.5. The van der Waals surface area contributed by atoms with Crippen molar-refractivity contribution in [2.45, 2.75) is 84.5 Å². The summed E-state index contributed by atoms with van der Waals surface area (Å²) in [6.07, 6.45) is 2.34. The van der Waals surface area contributed by atoms with Crippen molar-refractivity contribution >= 4 is 68.1 Å². The van der Waals surface area contributed by atoms with Gasteiger partial charge in [-0.3, -0.25) is 4.90 Å². The summed E-state index contributed by atoms with van der Waals surface area (Å²) < 4.78 is 7.25. The van der Waals surface area contributed by atoms with Crippen molar-refractivity contribution in [3.8, 4) is 22.3 Å². The Kier molecular flexibility index (Phi) is 6.88. The van der Waals surface area contributed by atoms with Crippen molar-refractivity contribution in [1.82, 2.24) is 0 Å². The zero-order valence-corrected chi connectivity index (χ0v) is 35.4. The zero-order chi connectivity index (χ0) is 40.3. The van der Waals surface area contributed by atoms with Gasteiger partial charge in [-0.1, -0.05) is 132 Å². The molecule has 0 atom stereocenters. The number of furan rings is 1. The van der Waals surface area contributed by atoms with Crippen LogP contribution in [0, 0.1) is 13.8 Å². The molecule has 4 heteroatoms. The molecule has 1 aromatic heterocycles. The fraction of sp³-hybridized carbons (Fsp3) is 0.236. The lowest BCUT2D eigenvalue weighted by molar-refractivity contribution is 0.332. The van der Waals surface area contributed by atoms with E-state index in [1.807, 2.05) is 0 Å². The molecule has 3 heterocycles. The standard InChI is InChI=1S/C55H49BN2O/c1-32-21-23-35(24-22-32)58-46-30-42-39(37-17-11-13-19-41(37)55(42,7)8)29-40(46)49-36-16-10-9-15-34(36)28-47-51(49)56(58)50-38-18-12-14-20-48(38)59-52(50)57(47)45-31-44-43(27-33(45)2)53(3,4)25-26-54(44,5)6/h9-24,27-31H,25-26H2,1-8H3. The molecule has 0 spiro atoms. The average molecular weight is 765 g/mol. The van der Waals surface area contributed by atoms with Crippen LogP contribution in [0.3, 0.4) is 0 Å². The van der Waals surface area contributed by atoms with Crippen LogP contribution in [0.15, 0.2) is 132 Å². The van der Waals surface area contributed by atoms with E-state index in [0.29, 0.717) is 0 Å². The smallest absolute Gasteiger partial charge is 0.337 e. The number of anilines is 5. The molecule has 59 heavy (non-hydrogen) atoms. The van der Waals surface area contributed by atoms with Gasteiger partial charge in [0.1, 0.15) is 5.58 Å². The lowest BCUT2D eigenvalue weighted by Crippen LogP contribution is -2.61. The predicted molar refractivity (Wildman–Crippen MR) is 250 cm³/mol. The van der Waals surface area contributed by atoms with Crippen LogP contribution in [0.5, 0.6) is 0 Å². The van der Waals surface area contributed by atoms with Crippen LogP contribution in [0.1, 0.15) is 87.8 Å². The number of benzene rings is 7. The maximum Gasteiger partial charge on any atom is 0.337 e. The highest BCUT2D eigenvalue weighted by molar-refractivity contribution is 6.95. The molecule has 2 aliphatic carbocycles. The Morgan fingerprint density at radius 3 is 1.98 bits per heavy atom. The highest BCUT2D eigenvalue weighted by Gasteiger charge is 2.50. The summed E-state index contributed by atoms with van der Waals surface area (Å²) in [5, 5.41) is 3.68. The normalized spacial score (nSPS) is 17.3. The summed E-state index contributed by atoms with van der Waals surface area (Å²) in [7, 11) is 0. The molecule has 0 bridgehead atoms. The Balaban J connectivity index is 1.25. The maximum absolute atomic E-state index is 7.25. The molecule has 0 N–H and O–H groups in total. The molecule has 0 saturated heterocycles. The van der Waals surface area contributed by atoms with E-state index in [2.05, 4.69) is 192 Å². The first kappa shape index (κ1) is 35.0. The summed E-state index contributed by atoms with van der Waals surface area (Å²) >= 11 is 0. The predicted octanol–water partition coefficient (Wildman–Crippen LogP) is 13.6. The van der Waals surface area contributed by atoms with E-state index in [9.17, 15) is 0 Å². The van der Waals surface area contributed by atoms with Crippen LogP contribution < -0.4 is 20.6 Å². The number of hydrogen-bond acceptors (Lipinski definition) is 3. The van der Waals surface area contributed by atoms with Crippen molar-refractivity contribution in [3.63, 3.8) is 0 Å². The van der Waals surface area contributed by atoms with Crippen molar-refractivity contribution in [2.75, 3.05) is 9.71 Å². The third-order valence-corrected chi connectivity index (χ3v) is 14.9. The van der Waals surface area contributed by atoms with Crippen LogP contribution in [-0.4, -0.2) is 6.85 Å². The van der Waals surface area contributed by atoms with Crippen molar-refractivity contribution < 1.29 is 4.42 Å². The molecule has 288 valence electrons. The Morgan fingerprint density at radius 1 is 0.542 bits per heavy atom. The second-order valence-electron chi connectivity index (χ2n) is 19.7. The highest BCUT2D eigenvalue weighted by atomic mass is 16.4. The van der Waals surface area contributed by atoms with E-state index in [1.54, 1.807) is 0 Å². The molecule has 0 fully saturated rings. The second kappa shape index (κ2) is 11.6. The minimum atomic E-state index is -0.146. The van der Waals surface area contributed by atoms with Gasteiger partial charge in [-0.05, 0) is 141 Å². The third kappa shape index (κ3) is 4.61. The largest absolute Gasteiger partial charge is 0.440 e. The summed E-state index contributed by atoms with van der Waals surface area (Å²) in [5.41, 5.74) is 21.8. The molecule has 4 aliphatic rings. The molecular formula is C55H49BN2O. The number of hydrogen-bond donors (Lipinski definition) is 0. The van der Waals surface area contributed by atoms with E-state index in [0.717, 1.165) is 23.3 Å². The van der Waals surface area contributed by atoms with Gasteiger partial charge in [0.25, 0.3) is 0 Å². The van der Waals surface area contributed by atoms with Gasteiger partial charge in [-0.15, -0.1) is 0 Å². The monoisotopic (exact) mass is 764 g/mol. The van der Waals surface area contributed by atoms with Crippen LogP contribution in [0.2, 0.25) is 0 Å². The second-order valence-corrected chi connectivity index (χ2v) is 19.7. The number of aryl methyl sites for hydroxylation is 2. The maximum atomic E-state index is 7.25. The van der Waals surface area contributed by atoms with Gasteiger partial charge in [-0.2, -0.15) is 0 Å². The Hall–Kier alpha value is -6.00. The number of rotatable bonds is 2. The quantitative estimate of drug-likeness (QED) is 0.163. The van der Waals surface area contributed by atoms with Crippen LogP contribution >= 0.6 is 0 Å². The molecule has 7 aromatic carbocycles. The highest BCUT2D eigenvalue weighted by Crippen LogP contribution is 2.57. The lowest BCUT2D eigenvalue weighted by atomic mass is 9.43. The van der Waals surface area contributed by atoms with E-state index in [-0.39, 0.29) is 23.1 Å². The van der Waals surface area contributed by atoms with Crippen molar-refractivity contribution in [1.29, 1.82) is 0 Å². The summed E-state index contributed by atoms with van der Waals surface area (Å²) in [6.45, 7) is 18.9.